The van der Waals surface area contributed by atoms with Gasteiger partial charge in [0.25, 0.3) is 0 Å². The minimum absolute atomic E-state index is 0.0111. The molecular weight excluding hydrogens is 370 g/mol. The van der Waals surface area contributed by atoms with Gasteiger partial charge in [-0.05, 0) is 36.6 Å². The minimum atomic E-state index is -0.179. The van der Waals surface area contributed by atoms with Crippen molar-refractivity contribution in [3.05, 3.63) is 79.4 Å². The standard InChI is InChI=1S/C25H27N5/c1-5-24(4)23-29(18-11-10-14-26-17-18)21-22(28-16-15-27-21)30(23)20-13-9-8-12-19(20)25(24,6-2)7-3/h6,8-17,23H,2,5,7H2,1,3-4H3. The predicted octanol–water partition coefficient (Wildman–Crippen LogP) is 5.75. The number of allylic oxidation sites excluding steroid dienone is 1. The maximum Gasteiger partial charge on any atom is 0.178 e. The number of fused-ring (bicyclic) bond motifs is 5. The number of hydrogen-bond acceptors (Lipinski definition) is 5. The first-order chi connectivity index (χ1) is 14.6. The third kappa shape index (κ3) is 2.15. The molecule has 0 radical (unpaired) electrons. The van der Waals surface area contributed by atoms with E-state index in [1.807, 2.05) is 18.5 Å². The minimum Gasteiger partial charge on any atom is -0.301 e. The summed E-state index contributed by atoms with van der Waals surface area (Å²) in [5, 5.41) is 0. The molecule has 3 atom stereocenters. The first-order valence-corrected chi connectivity index (χ1v) is 10.7. The molecule has 4 heterocycles. The van der Waals surface area contributed by atoms with Crippen molar-refractivity contribution in [3.63, 3.8) is 0 Å². The largest absolute Gasteiger partial charge is 0.301 e. The topological polar surface area (TPSA) is 45.2 Å². The molecule has 5 heteroatoms. The fraction of sp³-hybridized carbons (Fsp3) is 0.320. The second-order valence-corrected chi connectivity index (χ2v) is 8.35. The zero-order valence-electron chi connectivity index (χ0n) is 17.8. The molecule has 3 aromatic rings. The fourth-order valence-corrected chi connectivity index (χ4v) is 5.76. The summed E-state index contributed by atoms with van der Waals surface area (Å²) in [5.41, 5.74) is 3.20. The monoisotopic (exact) mass is 397 g/mol. The van der Waals surface area contributed by atoms with Crippen molar-refractivity contribution in [2.24, 2.45) is 5.41 Å². The average molecular weight is 398 g/mol. The van der Waals surface area contributed by atoms with E-state index in [-0.39, 0.29) is 17.0 Å². The lowest BCUT2D eigenvalue weighted by Gasteiger charge is -2.58. The first kappa shape index (κ1) is 18.8. The van der Waals surface area contributed by atoms with E-state index in [1.54, 1.807) is 12.4 Å². The molecule has 0 fully saturated rings. The zero-order valence-corrected chi connectivity index (χ0v) is 17.8. The number of hydrogen-bond donors (Lipinski definition) is 0. The van der Waals surface area contributed by atoms with E-state index in [9.17, 15) is 0 Å². The third-order valence-electron chi connectivity index (χ3n) is 7.40. The van der Waals surface area contributed by atoms with Crippen LogP contribution in [0.25, 0.3) is 0 Å². The lowest BCUT2D eigenvalue weighted by molar-refractivity contribution is 0.120. The molecule has 5 rings (SSSR count). The number of nitrogens with zero attached hydrogens (tertiary/aromatic N) is 5. The van der Waals surface area contributed by atoms with Crippen LogP contribution in [0.5, 0.6) is 0 Å². The molecule has 1 aromatic carbocycles. The summed E-state index contributed by atoms with van der Waals surface area (Å²) in [7, 11) is 0. The second-order valence-electron chi connectivity index (χ2n) is 8.35. The molecule has 30 heavy (non-hydrogen) atoms. The van der Waals surface area contributed by atoms with Crippen LogP contribution in [-0.4, -0.2) is 21.1 Å². The van der Waals surface area contributed by atoms with Gasteiger partial charge < -0.3 is 4.90 Å². The maximum atomic E-state index is 4.79. The van der Waals surface area contributed by atoms with Gasteiger partial charge in [-0.15, -0.1) is 6.58 Å². The quantitative estimate of drug-likeness (QED) is 0.524. The van der Waals surface area contributed by atoms with Crippen molar-refractivity contribution in [3.8, 4) is 0 Å². The summed E-state index contributed by atoms with van der Waals surface area (Å²) in [4.78, 5) is 18.7. The molecule has 0 aliphatic carbocycles. The highest BCUT2D eigenvalue weighted by atomic mass is 15.5. The van der Waals surface area contributed by atoms with Gasteiger partial charge >= 0.3 is 0 Å². The Kier molecular flexibility index (Phi) is 4.17. The molecule has 3 unspecified atom stereocenters. The molecule has 152 valence electrons. The summed E-state index contributed by atoms with van der Waals surface area (Å²) in [6, 6.07) is 12.8. The van der Waals surface area contributed by atoms with Gasteiger partial charge in [0.05, 0.1) is 11.9 Å². The number of pyridine rings is 1. The van der Waals surface area contributed by atoms with Gasteiger partial charge in [-0.2, -0.15) is 0 Å². The summed E-state index contributed by atoms with van der Waals surface area (Å²) < 4.78 is 0. The smallest absolute Gasteiger partial charge is 0.178 e. The van der Waals surface area contributed by atoms with Crippen LogP contribution < -0.4 is 9.80 Å². The summed E-state index contributed by atoms with van der Waals surface area (Å²) in [5.74, 6) is 1.77. The molecule has 0 spiro atoms. The van der Waals surface area contributed by atoms with Crippen molar-refractivity contribution in [2.45, 2.75) is 45.2 Å². The average Bonchev–Trinajstić information content (AvgIpc) is 3.16. The maximum absolute atomic E-state index is 4.79. The molecule has 0 N–H and O–H groups in total. The van der Waals surface area contributed by atoms with Gasteiger partial charge in [0.1, 0.15) is 6.17 Å². The van der Waals surface area contributed by atoms with Gasteiger partial charge in [-0.25, -0.2) is 9.97 Å². The van der Waals surface area contributed by atoms with Crippen molar-refractivity contribution < 1.29 is 0 Å². The van der Waals surface area contributed by atoms with Gasteiger partial charge in [0, 0.05) is 35.1 Å². The van der Waals surface area contributed by atoms with Crippen LogP contribution in [0.15, 0.2) is 73.8 Å². The van der Waals surface area contributed by atoms with Crippen LogP contribution in [0, 0.1) is 5.41 Å². The molecule has 0 saturated heterocycles. The Morgan fingerprint density at radius 1 is 0.967 bits per heavy atom. The number of rotatable bonds is 4. The molecule has 2 aliphatic rings. The van der Waals surface area contributed by atoms with E-state index >= 15 is 0 Å². The molecule has 2 aliphatic heterocycles. The van der Waals surface area contributed by atoms with Crippen LogP contribution in [-0.2, 0) is 5.41 Å². The van der Waals surface area contributed by atoms with E-state index in [4.69, 9.17) is 9.97 Å². The number of anilines is 4. The summed E-state index contributed by atoms with van der Waals surface area (Å²) >= 11 is 0. The Balaban J connectivity index is 1.88. The second kappa shape index (κ2) is 6.66. The van der Waals surface area contributed by atoms with Crippen LogP contribution in [0.4, 0.5) is 23.0 Å². The number of para-hydroxylation sites is 1. The van der Waals surface area contributed by atoms with E-state index < -0.39 is 0 Å². The normalized spacial score (nSPS) is 26.7. The van der Waals surface area contributed by atoms with E-state index in [0.717, 1.165) is 30.2 Å². The van der Waals surface area contributed by atoms with Crippen molar-refractivity contribution in [1.29, 1.82) is 0 Å². The first-order valence-electron chi connectivity index (χ1n) is 10.7. The third-order valence-corrected chi connectivity index (χ3v) is 7.40. The van der Waals surface area contributed by atoms with E-state index in [1.165, 1.54) is 11.3 Å². The van der Waals surface area contributed by atoms with Gasteiger partial charge in [0.15, 0.2) is 11.6 Å². The predicted molar refractivity (Wildman–Crippen MR) is 121 cm³/mol. The molecule has 0 saturated carbocycles. The SMILES string of the molecule is C=CC1(CC)c2ccccc2N2c3nccnc3N(c3cccnc3)C2C1(C)CC. The fourth-order valence-electron chi connectivity index (χ4n) is 5.76. The molecule has 0 bridgehead atoms. The van der Waals surface area contributed by atoms with E-state index in [2.05, 4.69) is 78.5 Å². The van der Waals surface area contributed by atoms with Crippen molar-refractivity contribution in [2.75, 3.05) is 9.80 Å². The Bertz CT molecular complexity index is 1100. The molecule has 5 nitrogen and oxygen atoms in total. The van der Waals surface area contributed by atoms with Crippen LogP contribution in [0.1, 0.15) is 39.2 Å². The molecule has 0 amide bonds. The Morgan fingerprint density at radius 3 is 2.33 bits per heavy atom. The lowest BCUT2D eigenvalue weighted by atomic mass is 9.54. The molecule has 2 aromatic heterocycles. The highest BCUT2D eigenvalue weighted by molar-refractivity contribution is 5.86. The van der Waals surface area contributed by atoms with Crippen molar-refractivity contribution >= 4 is 23.0 Å². The summed E-state index contributed by atoms with van der Waals surface area (Å²) in [6.45, 7) is 11.3. The van der Waals surface area contributed by atoms with Crippen LogP contribution >= 0.6 is 0 Å². The lowest BCUT2D eigenvalue weighted by Crippen LogP contribution is -2.62. The van der Waals surface area contributed by atoms with Crippen molar-refractivity contribution in [1.82, 2.24) is 15.0 Å². The Hall–Kier alpha value is -3.21. The molecular formula is C25H27N5. The highest BCUT2D eigenvalue weighted by Gasteiger charge is 2.61. The zero-order chi connectivity index (χ0) is 20.9. The van der Waals surface area contributed by atoms with Gasteiger partial charge in [-0.3, -0.25) is 9.88 Å². The highest BCUT2D eigenvalue weighted by Crippen LogP contribution is 2.63. The Labute approximate surface area is 178 Å². The number of benzene rings is 1. The van der Waals surface area contributed by atoms with Gasteiger partial charge in [0.2, 0.25) is 0 Å². The summed E-state index contributed by atoms with van der Waals surface area (Å²) in [6.07, 6.45) is 11.4. The van der Waals surface area contributed by atoms with E-state index in [0.29, 0.717) is 0 Å². The van der Waals surface area contributed by atoms with Crippen LogP contribution in [0.3, 0.4) is 0 Å². The van der Waals surface area contributed by atoms with Crippen LogP contribution in [0.2, 0.25) is 0 Å². The number of aromatic nitrogens is 3. The Morgan fingerprint density at radius 2 is 1.70 bits per heavy atom. The van der Waals surface area contributed by atoms with Gasteiger partial charge in [-0.1, -0.05) is 45.0 Å².